The van der Waals surface area contributed by atoms with E-state index in [0.29, 0.717) is 31.9 Å². The average molecular weight is 642 g/mol. The third-order valence-corrected chi connectivity index (χ3v) is 9.81. The lowest BCUT2D eigenvalue weighted by Crippen LogP contribution is -2.51. The fourth-order valence-corrected chi connectivity index (χ4v) is 7.81. The van der Waals surface area contributed by atoms with Crippen LogP contribution < -0.4 is 20.7 Å². The summed E-state index contributed by atoms with van der Waals surface area (Å²) in [4.78, 5) is 16.6. The molecule has 1 aromatic carbocycles. The van der Waals surface area contributed by atoms with Gasteiger partial charge in [-0.2, -0.15) is 23.1 Å². The maximum atomic E-state index is 16.6. The van der Waals surface area contributed by atoms with Gasteiger partial charge in [0, 0.05) is 49.1 Å². The molecule has 4 fully saturated rings. The van der Waals surface area contributed by atoms with Gasteiger partial charge in [0.2, 0.25) is 0 Å². The Balaban J connectivity index is 1.39. The molecule has 44 heavy (non-hydrogen) atoms. The average Bonchev–Trinajstić information content (AvgIpc) is 3.60. The van der Waals surface area contributed by atoms with Gasteiger partial charge < -0.3 is 20.7 Å². The first kappa shape index (κ1) is 29.6. The van der Waals surface area contributed by atoms with E-state index < -0.39 is 62.7 Å². The van der Waals surface area contributed by atoms with E-state index in [4.69, 9.17) is 22.1 Å². The summed E-state index contributed by atoms with van der Waals surface area (Å²) in [5.41, 5.74) is 0.757. The number of nitrogens with zero attached hydrogens (tertiary/aromatic N) is 5. The summed E-state index contributed by atoms with van der Waals surface area (Å²) in [5.74, 6) is -3.05. The highest BCUT2D eigenvalue weighted by molar-refractivity contribution is 6.34. The summed E-state index contributed by atoms with van der Waals surface area (Å²) in [6, 6.07) is 1.47. The molecule has 4 aliphatic rings. The minimum absolute atomic E-state index is 0.0701. The number of nitrogen functional groups attached to an aromatic ring is 1. The Morgan fingerprint density at radius 1 is 1.11 bits per heavy atom. The van der Waals surface area contributed by atoms with Crippen molar-refractivity contribution in [3.05, 3.63) is 33.9 Å². The molecule has 0 radical (unpaired) electrons. The van der Waals surface area contributed by atoms with Crippen molar-refractivity contribution >= 4 is 34.1 Å². The second-order valence-electron chi connectivity index (χ2n) is 12.3. The monoisotopic (exact) mass is 641 g/mol. The maximum Gasteiger partial charge on any atom is 0.418 e. The molecule has 15 heteroatoms. The predicted octanol–water partition coefficient (Wildman–Crippen LogP) is 5.43. The Kier molecular flexibility index (Phi) is 7.05. The number of rotatable bonds is 5. The number of piperazine rings is 1. The minimum Gasteiger partial charge on any atom is -0.461 e. The standard InChI is InChI=1S/C29H30ClF6N7O/c1-13-20(29(34,35)36)24(39-25(37)21(13)32)19-18(30)7-17-23(22(19)33)40-27(41-26(17)42-10-15-3-4-16(11-42)38-15)44-12-28-5-2-6-43(28)9-14(31)8-28/h7,14-16,38H,2-6,8-12H2,1H3,(H2,37,39)/t14-,15?,16?,28?/m1/s1. The highest BCUT2D eigenvalue weighted by Crippen LogP contribution is 2.46. The minimum atomic E-state index is -5.10. The van der Waals surface area contributed by atoms with E-state index in [9.17, 15) is 22.0 Å². The van der Waals surface area contributed by atoms with Crippen molar-refractivity contribution in [2.75, 3.05) is 43.4 Å². The summed E-state index contributed by atoms with van der Waals surface area (Å²) in [6.45, 7) is 3.12. The number of alkyl halides is 4. The van der Waals surface area contributed by atoms with Crippen LogP contribution in [0.25, 0.3) is 22.2 Å². The van der Waals surface area contributed by atoms with Crippen LogP contribution >= 0.6 is 11.6 Å². The van der Waals surface area contributed by atoms with Crippen LogP contribution in [0.4, 0.5) is 38.0 Å². The molecule has 8 nitrogen and oxygen atoms in total. The molecule has 7 rings (SSSR count). The van der Waals surface area contributed by atoms with Crippen molar-refractivity contribution in [3.63, 3.8) is 0 Å². The van der Waals surface area contributed by atoms with Gasteiger partial charge in [-0.25, -0.2) is 18.2 Å². The van der Waals surface area contributed by atoms with Crippen LogP contribution in [0, 0.1) is 18.6 Å². The molecule has 3 N–H and O–H groups in total. The van der Waals surface area contributed by atoms with Gasteiger partial charge in [0.15, 0.2) is 17.5 Å². The number of benzene rings is 1. The van der Waals surface area contributed by atoms with Crippen LogP contribution in [-0.2, 0) is 6.18 Å². The van der Waals surface area contributed by atoms with E-state index in [2.05, 4.69) is 25.2 Å². The smallest absolute Gasteiger partial charge is 0.418 e. The predicted molar refractivity (Wildman–Crippen MR) is 153 cm³/mol. The number of nitrogens with two attached hydrogens (primary N) is 1. The number of hydrogen-bond acceptors (Lipinski definition) is 8. The van der Waals surface area contributed by atoms with Crippen molar-refractivity contribution in [2.45, 2.75) is 69.0 Å². The first-order valence-electron chi connectivity index (χ1n) is 14.6. The number of pyridine rings is 1. The van der Waals surface area contributed by atoms with E-state index in [1.807, 2.05) is 4.90 Å². The van der Waals surface area contributed by atoms with Crippen LogP contribution in [0.3, 0.4) is 0 Å². The summed E-state index contributed by atoms with van der Waals surface area (Å²) in [7, 11) is 0. The third-order valence-electron chi connectivity index (χ3n) is 9.51. The van der Waals surface area contributed by atoms with Gasteiger partial charge in [0.1, 0.15) is 24.1 Å². The van der Waals surface area contributed by atoms with Gasteiger partial charge in [0.05, 0.1) is 27.4 Å². The number of halogens is 7. The van der Waals surface area contributed by atoms with Crippen LogP contribution in [0.5, 0.6) is 6.01 Å². The molecule has 0 amide bonds. The van der Waals surface area contributed by atoms with E-state index >= 15 is 4.39 Å². The first-order chi connectivity index (χ1) is 20.8. The number of nitrogens with one attached hydrogen (secondary N) is 1. The SMILES string of the molecule is Cc1c(F)c(N)nc(-c2c(Cl)cc3c(N4CC5CCC(C4)N5)nc(OCC45CCCN4C[C@H](F)C5)nc3c2F)c1C(F)(F)F. The number of fused-ring (bicyclic) bond motifs is 4. The fraction of sp³-hybridized carbons (Fsp3) is 0.552. The molecule has 4 aliphatic heterocycles. The molecule has 6 heterocycles. The number of aromatic nitrogens is 3. The molecular weight excluding hydrogens is 612 g/mol. The van der Waals surface area contributed by atoms with Gasteiger partial charge in [-0.3, -0.25) is 4.90 Å². The molecule has 3 aromatic rings. The van der Waals surface area contributed by atoms with E-state index in [1.54, 1.807) is 0 Å². The number of ether oxygens (including phenoxy) is 1. The molecule has 0 saturated carbocycles. The zero-order chi connectivity index (χ0) is 31.1. The Labute approximate surface area is 253 Å². The first-order valence-corrected chi connectivity index (χ1v) is 15.0. The molecule has 3 unspecified atom stereocenters. The Morgan fingerprint density at radius 2 is 1.84 bits per heavy atom. The van der Waals surface area contributed by atoms with Crippen molar-refractivity contribution in [1.82, 2.24) is 25.2 Å². The van der Waals surface area contributed by atoms with Crippen LogP contribution in [0.2, 0.25) is 5.02 Å². The number of anilines is 2. The second kappa shape index (κ2) is 10.5. The molecule has 0 aliphatic carbocycles. The second-order valence-corrected chi connectivity index (χ2v) is 12.7. The van der Waals surface area contributed by atoms with E-state index in [0.717, 1.165) is 39.2 Å². The lowest BCUT2D eigenvalue weighted by atomic mass is 9.95. The highest BCUT2D eigenvalue weighted by atomic mass is 35.5. The summed E-state index contributed by atoms with van der Waals surface area (Å²) in [5, 5.41) is 3.30. The lowest BCUT2D eigenvalue weighted by molar-refractivity contribution is -0.137. The summed E-state index contributed by atoms with van der Waals surface area (Å²) in [6.07, 6.45) is -2.29. The Hall–Kier alpha value is -3.10. The Bertz CT molecular complexity index is 1650. The summed E-state index contributed by atoms with van der Waals surface area (Å²) < 4.78 is 94.2. The van der Waals surface area contributed by atoms with Crippen LogP contribution in [0.15, 0.2) is 6.07 Å². The molecular formula is C29H30ClF6N7O. The Morgan fingerprint density at radius 3 is 2.55 bits per heavy atom. The topological polar surface area (TPSA) is 92.4 Å². The number of hydrogen-bond donors (Lipinski definition) is 2. The molecule has 4 atom stereocenters. The fourth-order valence-electron chi connectivity index (χ4n) is 7.53. The van der Waals surface area contributed by atoms with Gasteiger partial charge in [-0.1, -0.05) is 11.6 Å². The van der Waals surface area contributed by atoms with Crippen molar-refractivity contribution in [2.24, 2.45) is 0 Å². The molecule has 4 saturated heterocycles. The quantitative estimate of drug-likeness (QED) is 0.357. The van der Waals surface area contributed by atoms with Crippen LogP contribution in [0.1, 0.15) is 43.2 Å². The van der Waals surface area contributed by atoms with Gasteiger partial charge in [-0.15, -0.1) is 0 Å². The van der Waals surface area contributed by atoms with Gasteiger partial charge >= 0.3 is 12.2 Å². The van der Waals surface area contributed by atoms with Gasteiger partial charge in [0.25, 0.3) is 0 Å². The van der Waals surface area contributed by atoms with Crippen molar-refractivity contribution < 1.29 is 31.1 Å². The van der Waals surface area contributed by atoms with Crippen molar-refractivity contribution in [1.29, 1.82) is 0 Å². The molecule has 2 bridgehead atoms. The van der Waals surface area contributed by atoms with Crippen LogP contribution in [-0.4, -0.2) is 76.4 Å². The summed E-state index contributed by atoms with van der Waals surface area (Å²) >= 11 is 6.51. The maximum absolute atomic E-state index is 16.6. The lowest BCUT2D eigenvalue weighted by Gasteiger charge is -2.34. The zero-order valence-corrected chi connectivity index (χ0v) is 24.5. The highest BCUT2D eigenvalue weighted by Gasteiger charge is 2.49. The van der Waals surface area contributed by atoms with E-state index in [1.165, 1.54) is 6.07 Å². The zero-order valence-electron chi connectivity index (χ0n) is 23.7. The normalized spacial score (nSPS) is 27.0. The van der Waals surface area contributed by atoms with Crippen molar-refractivity contribution in [3.8, 4) is 17.3 Å². The third kappa shape index (κ3) is 4.80. The largest absolute Gasteiger partial charge is 0.461 e. The molecule has 2 aromatic heterocycles. The van der Waals surface area contributed by atoms with E-state index in [-0.39, 0.29) is 35.6 Å². The molecule has 236 valence electrons. The van der Waals surface area contributed by atoms with Gasteiger partial charge in [-0.05, 0) is 45.2 Å². The molecule has 0 spiro atoms.